The summed E-state index contributed by atoms with van der Waals surface area (Å²) < 4.78 is 26.6. The number of rotatable bonds is 5. The van der Waals surface area contributed by atoms with E-state index < -0.39 is 11.8 Å². The number of amides is 1. The number of carbonyl (C=O) groups excluding carboxylic acids is 1. The number of hydrogen-bond donors (Lipinski definition) is 1. The van der Waals surface area contributed by atoms with Crippen molar-refractivity contribution in [3.05, 3.63) is 46.9 Å². The van der Waals surface area contributed by atoms with Crippen molar-refractivity contribution in [1.82, 2.24) is 14.3 Å². The fraction of sp³-hybridized carbons (Fsp3) is 0.267. The van der Waals surface area contributed by atoms with Crippen LogP contribution in [0.15, 0.2) is 41.2 Å². The first-order chi connectivity index (χ1) is 10.9. The first-order valence-corrected chi connectivity index (χ1v) is 6.91. The number of allylic oxidation sites excluding steroid dienone is 1. The summed E-state index contributed by atoms with van der Waals surface area (Å²) in [6.07, 6.45) is -1.01. The lowest BCUT2D eigenvalue weighted by molar-refractivity contribution is -0.114. The summed E-state index contributed by atoms with van der Waals surface area (Å²) in [7, 11) is 1.55. The van der Waals surface area contributed by atoms with Crippen molar-refractivity contribution in [1.29, 1.82) is 0 Å². The molecule has 0 radical (unpaired) electrons. The predicted molar refractivity (Wildman–Crippen MR) is 82.1 cm³/mol. The van der Waals surface area contributed by atoms with Gasteiger partial charge in [0, 0.05) is 25.2 Å². The average molecular weight is 322 g/mol. The fourth-order valence-electron chi connectivity index (χ4n) is 2.12. The van der Waals surface area contributed by atoms with Gasteiger partial charge in [0.25, 0.3) is 6.08 Å². The molecule has 0 fully saturated rings. The van der Waals surface area contributed by atoms with Crippen LogP contribution in [-0.4, -0.2) is 20.3 Å². The predicted octanol–water partition coefficient (Wildman–Crippen LogP) is 2.38. The highest BCUT2D eigenvalue weighted by molar-refractivity contribution is 5.89. The number of halogens is 2. The molecular formula is C15H16F2N4O2. The van der Waals surface area contributed by atoms with Gasteiger partial charge in [-0.2, -0.15) is 8.78 Å². The molecule has 6 nitrogen and oxygen atoms in total. The Morgan fingerprint density at radius 2 is 2.13 bits per heavy atom. The molecule has 0 atom stereocenters. The fourth-order valence-corrected chi connectivity index (χ4v) is 2.12. The lowest BCUT2D eigenvalue weighted by Crippen LogP contribution is -2.23. The smallest absolute Gasteiger partial charge is 0.326 e. The van der Waals surface area contributed by atoms with E-state index in [9.17, 15) is 18.4 Å². The van der Waals surface area contributed by atoms with Crippen molar-refractivity contribution < 1.29 is 13.6 Å². The molecule has 1 N–H and O–H groups in total. The summed E-state index contributed by atoms with van der Waals surface area (Å²) in [4.78, 5) is 23.2. The largest absolute Gasteiger partial charge is 0.345 e. The Balaban J connectivity index is 2.31. The van der Waals surface area contributed by atoms with E-state index in [2.05, 4.69) is 10.4 Å². The highest BCUT2D eigenvalue weighted by atomic mass is 19.3. The van der Waals surface area contributed by atoms with Crippen LogP contribution in [0, 0.1) is 0 Å². The van der Waals surface area contributed by atoms with E-state index in [1.54, 1.807) is 31.3 Å². The van der Waals surface area contributed by atoms with Crippen molar-refractivity contribution in [3.63, 3.8) is 0 Å². The molecule has 1 amide bonds. The number of aryl methyl sites for hydroxylation is 1. The molecule has 2 aromatic rings. The molecule has 2 rings (SSSR count). The first kappa shape index (κ1) is 16.6. The molecule has 0 saturated heterocycles. The zero-order valence-electron chi connectivity index (χ0n) is 12.7. The van der Waals surface area contributed by atoms with Crippen molar-refractivity contribution in [3.8, 4) is 11.4 Å². The van der Waals surface area contributed by atoms with E-state index >= 15 is 0 Å². The normalized spacial score (nSPS) is 10.4. The second-order valence-electron chi connectivity index (χ2n) is 4.93. The first-order valence-electron chi connectivity index (χ1n) is 6.91. The molecule has 23 heavy (non-hydrogen) atoms. The number of benzene rings is 1. The van der Waals surface area contributed by atoms with Crippen molar-refractivity contribution in [2.75, 3.05) is 5.32 Å². The molecule has 0 spiro atoms. The second kappa shape index (κ2) is 6.99. The maximum atomic E-state index is 12.1. The SMILES string of the molecule is CC(=O)Nc1cccc(-c2nn(CCC=C(F)F)c(=O)n2C)c1. The Kier molecular flexibility index (Phi) is 5.05. The van der Waals surface area contributed by atoms with Crippen LogP contribution in [0.1, 0.15) is 13.3 Å². The van der Waals surface area contributed by atoms with Crippen LogP contribution in [0.2, 0.25) is 0 Å². The van der Waals surface area contributed by atoms with Gasteiger partial charge in [-0.05, 0) is 24.6 Å². The third-order valence-electron chi connectivity index (χ3n) is 3.12. The summed E-state index contributed by atoms with van der Waals surface area (Å²) >= 11 is 0. The molecule has 1 aromatic carbocycles. The van der Waals surface area contributed by atoms with E-state index in [1.807, 2.05) is 0 Å². The van der Waals surface area contributed by atoms with E-state index in [-0.39, 0.29) is 18.9 Å². The Bertz CT molecular complexity index is 804. The molecule has 122 valence electrons. The lowest BCUT2D eigenvalue weighted by Gasteiger charge is -2.04. The van der Waals surface area contributed by atoms with Crippen molar-refractivity contribution in [2.45, 2.75) is 19.9 Å². The van der Waals surface area contributed by atoms with Crippen LogP contribution in [-0.2, 0) is 18.4 Å². The standard InChI is InChI=1S/C15H16F2N4O2/c1-10(22)18-12-6-3-5-11(9-12)14-19-21(15(23)20(14)2)8-4-7-13(16)17/h3,5-7,9H,4,8H2,1-2H3,(H,18,22). The molecule has 0 aliphatic rings. The van der Waals surface area contributed by atoms with Gasteiger partial charge in [0.15, 0.2) is 5.82 Å². The molecule has 1 aromatic heterocycles. The molecule has 0 bridgehead atoms. The van der Waals surface area contributed by atoms with Crippen LogP contribution in [0.5, 0.6) is 0 Å². The maximum Gasteiger partial charge on any atom is 0.345 e. The number of nitrogens with one attached hydrogen (secondary N) is 1. The second-order valence-corrected chi connectivity index (χ2v) is 4.93. The van der Waals surface area contributed by atoms with Crippen LogP contribution in [0.25, 0.3) is 11.4 Å². The van der Waals surface area contributed by atoms with Gasteiger partial charge in [0.05, 0.1) is 6.54 Å². The monoisotopic (exact) mass is 322 g/mol. The van der Waals surface area contributed by atoms with Gasteiger partial charge in [-0.25, -0.2) is 9.48 Å². The average Bonchev–Trinajstić information content (AvgIpc) is 2.75. The highest BCUT2D eigenvalue weighted by Crippen LogP contribution is 2.19. The number of hydrogen-bond acceptors (Lipinski definition) is 3. The molecule has 1 heterocycles. The van der Waals surface area contributed by atoms with Gasteiger partial charge >= 0.3 is 5.69 Å². The van der Waals surface area contributed by atoms with Crippen LogP contribution in [0.3, 0.4) is 0 Å². The number of carbonyl (C=O) groups is 1. The molecule has 0 saturated carbocycles. The zero-order valence-corrected chi connectivity index (χ0v) is 12.7. The molecular weight excluding hydrogens is 306 g/mol. The summed E-state index contributed by atoms with van der Waals surface area (Å²) in [6.45, 7) is 1.46. The molecule has 0 aliphatic carbocycles. The summed E-state index contributed by atoms with van der Waals surface area (Å²) in [5.41, 5.74) is 0.832. The van der Waals surface area contributed by atoms with Gasteiger partial charge in [-0.15, -0.1) is 5.10 Å². The number of anilines is 1. The molecule has 0 aliphatic heterocycles. The lowest BCUT2D eigenvalue weighted by atomic mass is 10.2. The van der Waals surface area contributed by atoms with Gasteiger partial charge < -0.3 is 5.32 Å². The highest BCUT2D eigenvalue weighted by Gasteiger charge is 2.12. The zero-order chi connectivity index (χ0) is 17.0. The summed E-state index contributed by atoms with van der Waals surface area (Å²) in [5.74, 6) is 0.188. The van der Waals surface area contributed by atoms with Crippen molar-refractivity contribution in [2.24, 2.45) is 7.05 Å². The van der Waals surface area contributed by atoms with Crippen molar-refractivity contribution >= 4 is 11.6 Å². The van der Waals surface area contributed by atoms with Gasteiger partial charge in [-0.1, -0.05) is 12.1 Å². The maximum absolute atomic E-state index is 12.1. The third kappa shape index (κ3) is 4.12. The van der Waals surface area contributed by atoms with Crippen LogP contribution in [0.4, 0.5) is 14.5 Å². The Morgan fingerprint density at radius 1 is 1.39 bits per heavy atom. The van der Waals surface area contributed by atoms with Gasteiger partial charge in [0.2, 0.25) is 5.91 Å². The van der Waals surface area contributed by atoms with Crippen LogP contribution >= 0.6 is 0 Å². The van der Waals surface area contributed by atoms with Crippen LogP contribution < -0.4 is 11.0 Å². The summed E-state index contributed by atoms with van der Waals surface area (Å²) in [6, 6.07) is 6.88. The Hall–Kier alpha value is -2.77. The van der Waals surface area contributed by atoms with E-state index in [4.69, 9.17) is 0 Å². The Labute approximate surface area is 131 Å². The summed E-state index contributed by atoms with van der Waals surface area (Å²) in [5, 5.41) is 6.83. The minimum atomic E-state index is -1.78. The minimum Gasteiger partial charge on any atom is -0.326 e. The van der Waals surface area contributed by atoms with E-state index in [0.717, 1.165) is 10.8 Å². The number of aromatic nitrogens is 3. The molecule has 0 unspecified atom stereocenters. The topological polar surface area (TPSA) is 68.9 Å². The third-order valence-corrected chi connectivity index (χ3v) is 3.12. The molecule has 8 heteroatoms. The number of nitrogens with zero attached hydrogens (tertiary/aromatic N) is 3. The van der Waals surface area contributed by atoms with Gasteiger partial charge in [0.1, 0.15) is 0 Å². The Morgan fingerprint density at radius 3 is 2.78 bits per heavy atom. The van der Waals surface area contributed by atoms with E-state index in [0.29, 0.717) is 17.1 Å². The quantitative estimate of drug-likeness (QED) is 0.919. The van der Waals surface area contributed by atoms with Gasteiger partial charge in [-0.3, -0.25) is 9.36 Å². The minimum absolute atomic E-state index is 0.0185. The van der Waals surface area contributed by atoms with E-state index in [1.165, 1.54) is 11.5 Å².